The van der Waals surface area contributed by atoms with Crippen molar-refractivity contribution in [3.8, 4) is 5.75 Å². The van der Waals surface area contributed by atoms with Crippen LogP contribution in [0.1, 0.15) is 22.5 Å². The minimum atomic E-state index is -5.17. The average Bonchev–Trinajstić information content (AvgIpc) is 2.24. The Labute approximate surface area is 117 Å². The standard InChI is InChI=1S/C9H5F5INO3/c1-18-8(17)3-2-4(19-9(12,13)14)5(6(10)11)7(15)16-3/h2,6H,1H3. The van der Waals surface area contributed by atoms with E-state index in [1.165, 1.54) is 22.6 Å². The van der Waals surface area contributed by atoms with Crippen molar-refractivity contribution in [1.29, 1.82) is 0 Å². The number of rotatable bonds is 3. The number of hydrogen-bond acceptors (Lipinski definition) is 4. The predicted octanol–water partition coefficient (Wildman–Crippen LogP) is 3.31. The summed E-state index contributed by atoms with van der Waals surface area (Å²) in [5.74, 6) is -2.24. The minimum absolute atomic E-state index is 0.461. The van der Waals surface area contributed by atoms with Gasteiger partial charge in [-0.3, -0.25) is 0 Å². The molecular formula is C9H5F5INO3. The van der Waals surface area contributed by atoms with Crippen LogP contribution < -0.4 is 4.74 Å². The molecule has 0 aromatic carbocycles. The van der Waals surface area contributed by atoms with E-state index in [0.29, 0.717) is 6.07 Å². The van der Waals surface area contributed by atoms with Crippen molar-refractivity contribution in [3.05, 3.63) is 21.0 Å². The van der Waals surface area contributed by atoms with Crippen molar-refractivity contribution in [1.82, 2.24) is 4.98 Å². The molecule has 0 radical (unpaired) electrons. The third-order valence-corrected chi connectivity index (χ3v) is 2.63. The first-order chi connectivity index (χ1) is 8.65. The van der Waals surface area contributed by atoms with Crippen molar-refractivity contribution in [2.45, 2.75) is 12.8 Å². The third-order valence-electron chi connectivity index (χ3n) is 1.81. The summed E-state index contributed by atoms with van der Waals surface area (Å²) in [5, 5.41) is 0. The summed E-state index contributed by atoms with van der Waals surface area (Å²) in [6.07, 6.45) is -8.40. The molecule has 1 heterocycles. The summed E-state index contributed by atoms with van der Waals surface area (Å²) in [5.41, 5.74) is -1.60. The molecule has 10 heteroatoms. The van der Waals surface area contributed by atoms with Crippen LogP contribution in [0.4, 0.5) is 22.0 Å². The molecule has 0 aliphatic heterocycles. The van der Waals surface area contributed by atoms with Crippen LogP contribution >= 0.6 is 22.6 Å². The summed E-state index contributed by atoms with van der Waals surface area (Å²) in [6.45, 7) is 0. The Morgan fingerprint density at radius 1 is 1.42 bits per heavy atom. The summed E-state index contributed by atoms with van der Waals surface area (Å²) in [7, 11) is 0.974. The van der Waals surface area contributed by atoms with Crippen LogP contribution in [0.3, 0.4) is 0 Å². The van der Waals surface area contributed by atoms with Crippen LogP contribution in [-0.4, -0.2) is 24.4 Å². The number of alkyl halides is 5. The van der Waals surface area contributed by atoms with Gasteiger partial charge in [0.1, 0.15) is 9.45 Å². The highest BCUT2D eigenvalue weighted by Gasteiger charge is 2.35. The molecule has 0 saturated carbocycles. The lowest BCUT2D eigenvalue weighted by Gasteiger charge is -2.14. The maximum atomic E-state index is 12.7. The highest BCUT2D eigenvalue weighted by Crippen LogP contribution is 2.36. The molecule has 0 amide bonds. The molecule has 1 rings (SSSR count). The fourth-order valence-corrected chi connectivity index (χ4v) is 1.88. The number of methoxy groups -OCH3 is 1. The zero-order valence-corrected chi connectivity index (χ0v) is 11.3. The van der Waals surface area contributed by atoms with Crippen LogP contribution in [0.25, 0.3) is 0 Å². The lowest BCUT2D eigenvalue weighted by Crippen LogP contribution is -2.20. The monoisotopic (exact) mass is 397 g/mol. The van der Waals surface area contributed by atoms with Gasteiger partial charge in [0.2, 0.25) is 0 Å². The van der Waals surface area contributed by atoms with Crippen molar-refractivity contribution < 1.29 is 36.2 Å². The van der Waals surface area contributed by atoms with E-state index in [1.807, 2.05) is 0 Å². The van der Waals surface area contributed by atoms with Crippen LogP contribution in [0.15, 0.2) is 6.07 Å². The molecule has 4 nitrogen and oxygen atoms in total. The zero-order valence-electron chi connectivity index (χ0n) is 9.09. The van der Waals surface area contributed by atoms with Crippen molar-refractivity contribution >= 4 is 28.6 Å². The topological polar surface area (TPSA) is 48.4 Å². The summed E-state index contributed by atoms with van der Waals surface area (Å²) in [6, 6.07) is 0.461. The molecule has 106 valence electrons. The fraction of sp³-hybridized carbons (Fsp3) is 0.333. The van der Waals surface area contributed by atoms with Gasteiger partial charge >= 0.3 is 12.3 Å². The number of nitrogens with zero attached hydrogens (tertiary/aromatic N) is 1. The molecule has 0 unspecified atom stereocenters. The molecule has 19 heavy (non-hydrogen) atoms. The number of aromatic nitrogens is 1. The molecule has 0 aliphatic carbocycles. The van der Waals surface area contributed by atoms with Crippen LogP contribution in [0, 0.1) is 3.70 Å². The van der Waals surface area contributed by atoms with E-state index in [0.717, 1.165) is 7.11 Å². The lowest BCUT2D eigenvalue weighted by atomic mass is 10.2. The number of carbonyl (C=O) groups is 1. The maximum Gasteiger partial charge on any atom is 0.573 e. The SMILES string of the molecule is COC(=O)c1cc(OC(F)(F)F)c(C(F)F)c(I)n1. The smallest absolute Gasteiger partial charge is 0.464 e. The van der Waals surface area contributed by atoms with E-state index in [1.54, 1.807) is 0 Å². The molecule has 0 N–H and O–H groups in total. The molecule has 1 aromatic rings. The lowest BCUT2D eigenvalue weighted by molar-refractivity contribution is -0.275. The molecule has 0 atom stereocenters. The highest BCUT2D eigenvalue weighted by atomic mass is 127. The van der Waals surface area contributed by atoms with Gasteiger partial charge in [0, 0.05) is 6.07 Å². The highest BCUT2D eigenvalue weighted by molar-refractivity contribution is 14.1. The number of ether oxygens (including phenoxy) is 2. The Morgan fingerprint density at radius 3 is 2.42 bits per heavy atom. The molecule has 0 aliphatic rings. The Kier molecular flexibility index (Phi) is 4.87. The second kappa shape index (κ2) is 5.84. The van der Waals surface area contributed by atoms with E-state index in [4.69, 9.17) is 0 Å². The van der Waals surface area contributed by atoms with Gasteiger partial charge in [-0.25, -0.2) is 18.6 Å². The van der Waals surface area contributed by atoms with Gasteiger partial charge in [0.25, 0.3) is 6.43 Å². The first-order valence-corrected chi connectivity index (χ1v) is 5.56. The molecular weight excluding hydrogens is 392 g/mol. The van der Waals surface area contributed by atoms with Gasteiger partial charge < -0.3 is 9.47 Å². The van der Waals surface area contributed by atoms with E-state index in [9.17, 15) is 26.7 Å². The Bertz CT molecular complexity index is 491. The molecule has 0 spiro atoms. The average molecular weight is 397 g/mol. The fourth-order valence-electron chi connectivity index (χ4n) is 1.12. The van der Waals surface area contributed by atoms with Crippen LogP contribution in [-0.2, 0) is 4.74 Å². The molecule has 0 fully saturated rings. The van der Waals surface area contributed by atoms with E-state index in [-0.39, 0.29) is 0 Å². The van der Waals surface area contributed by atoms with E-state index < -0.39 is 39.5 Å². The van der Waals surface area contributed by atoms with Gasteiger partial charge in [-0.15, -0.1) is 13.2 Å². The summed E-state index contributed by atoms with van der Waals surface area (Å²) >= 11 is 1.28. The molecule has 1 aromatic heterocycles. The second-order valence-electron chi connectivity index (χ2n) is 3.05. The second-order valence-corrected chi connectivity index (χ2v) is 4.07. The number of pyridine rings is 1. The molecule has 0 saturated heterocycles. The van der Waals surface area contributed by atoms with Gasteiger partial charge in [-0.2, -0.15) is 0 Å². The van der Waals surface area contributed by atoms with Gasteiger partial charge in [-0.1, -0.05) is 0 Å². The summed E-state index contributed by atoms with van der Waals surface area (Å²) < 4.78 is 69.0. The molecule has 0 bridgehead atoms. The zero-order chi connectivity index (χ0) is 14.8. The number of esters is 1. The Morgan fingerprint density at radius 2 is 2.00 bits per heavy atom. The number of carbonyl (C=O) groups excluding carboxylic acids is 1. The first kappa shape index (κ1) is 15.9. The Balaban J connectivity index is 3.37. The van der Waals surface area contributed by atoms with Crippen LogP contribution in [0.5, 0.6) is 5.75 Å². The van der Waals surface area contributed by atoms with E-state index in [2.05, 4.69) is 14.5 Å². The maximum absolute atomic E-state index is 12.7. The minimum Gasteiger partial charge on any atom is -0.464 e. The van der Waals surface area contributed by atoms with E-state index >= 15 is 0 Å². The first-order valence-electron chi connectivity index (χ1n) is 4.48. The van der Waals surface area contributed by atoms with Gasteiger partial charge in [0.05, 0.1) is 12.7 Å². The van der Waals surface area contributed by atoms with Crippen LogP contribution in [0.2, 0.25) is 0 Å². The van der Waals surface area contributed by atoms with Crippen molar-refractivity contribution in [2.24, 2.45) is 0 Å². The summed E-state index contributed by atoms with van der Waals surface area (Å²) in [4.78, 5) is 14.6. The number of hydrogen-bond donors (Lipinski definition) is 0. The number of halogens is 6. The van der Waals surface area contributed by atoms with Gasteiger partial charge in [-0.05, 0) is 22.6 Å². The quantitative estimate of drug-likeness (QED) is 0.340. The van der Waals surface area contributed by atoms with Crippen molar-refractivity contribution in [2.75, 3.05) is 7.11 Å². The predicted molar refractivity (Wildman–Crippen MR) is 59.9 cm³/mol. The normalized spacial score (nSPS) is 11.6. The Hall–Kier alpha value is -1.20. The van der Waals surface area contributed by atoms with Crippen molar-refractivity contribution in [3.63, 3.8) is 0 Å². The third kappa shape index (κ3) is 4.14. The largest absolute Gasteiger partial charge is 0.573 e. The van der Waals surface area contributed by atoms with Gasteiger partial charge in [0.15, 0.2) is 5.69 Å².